The van der Waals surface area contributed by atoms with Crippen LogP contribution in [0.3, 0.4) is 0 Å². The number of hydrogen-bond acceptors (Lipinski definition) is 3. The monoisotopic (exact) mass is 260 g/mol. The van der Waals surface area contributed by atoms with Crippen molar-refractivity contribution in [1.82, 2.24) is 10.3 Å². The Morgan fingerprint density at radius 1 is 1.26 bits per heavy atom. The maximum atomic E-state index is 11.9. The van der Waals surface area contributed by atoms with Gasteiger partial charge in [-0.3, -0.25) is 9.59 Å². The number of para-hydroxylation sites is 1. The average molecular weight is 260 g/mol. The number of fused-ring (bicyclic) bond motifs is 1. The number of aliphatic hydroxyl groups excluding tert-OH is 1. The SMILES string of the molecule is O=C(NCCCCO)c1cc2ccccc2[nH]c1=O. The molecule has 0 atom stereocenters. The van der Waals surface area contributed by atoms with Gasteiger partial charge in [0.25, 0.3) is 11.5 Å². The molecule has 5 nitrogen and oxygen atoms in total. The Morgan fingerprint density at radius 2 is 2.05 bits per heavy atom. The third-order valence-corrected chi connectivity index (χ3v) is 2.87. The van der Waals surface area contributed by atoms with E-state index < -0.39 is 5.56 Å². The van der Waals surface area contributed by atoms with E-state index in [0.717, 1.165) is 5.39 Å². The van der Waals surface area contributed by atoms with Crippen LogP contribution in [0, 0.1) is 0 Å². The van der Waals surface area contributed by atoms with Gasteiger partial charge in [-0.15, -0.1) is 0 Å². The molecular formula is C14H16N2O3. The van der Waals surface area contributed by atoms with Crippen LogP contribution in [0.25, 0.3) is 10.9 Å². The molecule has 0 bridgehead atoms. The third-order valence-electron chi connectivity index (χ3n) is 2.87. The zero-order valence-corrected chi connectivity index (χ0v) is 10.5. The topological polar surface area (TPSA) is 82.2 Å². The van der Waals surface area contributed by atoms with E-state index in [0.29, 0.717) is 24.9 Å². The first-order valence-electron chi connectivity index (χ1n) is 6.23. The fourth-order valence-corrected chi connectivity index (χ4v) is 1.85. The first-order chi connectivity index (χ1) is 9.22. The second-order valence-electron chi connectivity index (χ2n) is 4.29. The van der Waals surface area contributed by atoms with E-state index in [2.05, 4.69) is 10.3 Å². The maximum Gasteiger partial charge on any atom is 0.261 e. The van der Waals surface area contributed by atoms with Crippen LogP contribution in [-0.4, -0.2) is 29.1 Å². The highest BCUT2D eigenvalue weighted by Gasteiger charge is 2.10. The number of amides is 1. The Kier molecular flexibility index (Phi) is 4.30. The second-order valence-corrected chi connectivity index (χ2v) is 4.29. The molecule has 5 heteroatoms. The van der Waals surface area contributed by atoms with Crippen molar-refractivity contribution >= 4 is 16.8 Å². The molecule has 3 N–H and O–H groups in total. The molecule has 1 amide bonds. The molecule has 0 radical (unpaired) electrons. The summed E-state index contributed by atoms with van der Waals surface area (Å²) in [6.07, 6.45) is 1.32. The van der Waals surface area contributed by atoms with Gasteiger partial charge in [0.1, 0.15) is 5.56 Å². The van der Waals surface area contributed by atoms with Crippen LogP contribution in [0.1, 0.15) is 23.2 Å². The zero-order chi connectivity index (χ0) is 13.7. The second kappa shape index (κ2) is 6.15. The van der Waals surface area contributed by atoms with Crippen molar-refractivity contribution in [3.63, 3.8) is 0 Å². The molecule has 0 spiro atoms. The molecular weight excluding hydrogens is 244 g/mol. The first kappa shape index (κ1) is 13.3. The van der Waals surface area contributed by atoms with Crippen LogP contribution in [0.15, 0.2) is 35.1 Å². The van der Waals surface area contributed by atoms with Crippen molar-refractivity contribution in [2.75, 3.05) is 13.2 Å². The Morgan fingerprint density at radius 3 is 2.84 bits per heavy atom. The molecule has 1 aromatic carbocycles. The minimum Gasteiger partial charge on any atom is -0.396 e. The number of pyridine rings is 1. The van der Waals surface area contributed by atoms with E-state index in [9.17, 15) is 9.59 Å². The van der Waals surface area contributed by atoms with Crippen molar-refractivity contribution in [3.05, 3.63) is 46.2 Å². The summed E-state index contributed by atoms with van der Waals surface area (Å²) in [7, 11) is 0. The Bertz CT molecular complexity index is 634. The summed E-state index contributed by atoms with van der Waals surface area (Å²) >= 11 is 0. The summed E-state index contributed by atoms with van der Waals surface area (Å²) < 4.78 is 0. The number of unbranched alkanes of at least 4 members (excludes halogenated alkanes) is 1. The van der Waals surface area contributed by atoms with Gasteiger partial charge in [0, 0.05) is 18.7 Å². The van der Waals surface area contributed by atoms with Gasteiger partial charge < -0.3 is 15.4 Å². The lowest BCUT2D eigenvalue weighted by atomic mass is 10.1. The summed E-state index contributed by atoms with van der Waals surface area (Å²) in [5.74, 6) is -0.384. The summed E-state index contributed by atoms with van der Waals surface area (Å²) in [6, 6.07) is 8.90. The molecule has 2 rings (SSSR count). The van der Waals surface area contributed by atoms with Gasteiger partial charge in [0.15, 0.2) is 0 Å². The van der Waals surface area contributed by atoms with Crippen LogP contribution in [0.4, 0.5) is 0 Å². The van der Waals surface area contributed by atoms with Crippen LogP contribution < -0.4 is 10.9 Å². The van der Waals surface area contributed by atoms with Crippen LogP contribution in [0.2, 0.25) is 0 Å². The molecule has 1 heterocycles. The van der Waals surface area contributed by atoms with Gasteiger partial charge in [-0.2, -0.15) is 0 Å². The lowest BCUT2D eigenvalue weighted by Gasteiger charge is -2.05. The van der Waals surface area contributed by atoms with Crippen molar-refractivity contribution in [2.24, 2.45) is 0 Å². The molecule has 0 aliphatic rings. The molecule has 100 valence electrons. The number of carbonyl (C=O) groups excluding carboxylic acids is 1. The molecule has 0 aliphatic carbocycles. The van der Waals surface area contributed by atoms with E-state index in [-0.39, 0.29) is 18.1 Å². The lowest BCUT2D eigenvalue weighted by molar-refractivity contribution is 0.0950. The van der Waals surface area contributed by atoms with Gasteiger partial charge in [0.05, 0.1) is 0 Å². The Hall–Kier alpha value is -2.14. The van der Waals surface area contributed by atoms with E-state index in [4.69, 9.17) is 5.11 Å². The van der Waals surface area contributed by atoms with Crippen LogP contribution in [0.5, 0.6) is 0 Å². The molecule has 1 aromatic heterocycles. The van der Waals surface area contributed by atoms with Gasteiger partial charge in [-0.05, 0) is 30.4 Å². The smallest absolute Gasteiger partial charge is 0.261 e. The van der Waals surface area contributed by atoms with Crippen molar-refractivity contribution in [3.8, 4) is 0 Å². The summed E-state index contributed by atoms with van der Waals surface area (Å²) in [5.41, 5.74) is 0.436. The lowest BCUT2D eigenvalue weighted by Crippen LogP contribution is -2.30. The summed E-state index contributed by atoms with van der Waals surface area (Å²) in [6.45, 7) is 0.554. The van der Waals surface area contributed by atoms with E-state index >= 15 is 0 Å². The minimum absolute atomic E-state index is 0.104. The molecule has 0 saturated carbocycles. The fourth-order valence-electron chi connectivity index (χ4n) is 1.85. The number of aliphatic hydroxyl groups is 1. The van der Waals surface area contributed by atoms with Crippen LogP contribution in [-0.2, 0) is 0 Å². The van der Waals surface area contributed by atoms with Gasteiger partial charge in [-0.25, -0.2) is 0 Å². The highest BCUT2D eigenvalue weighted by atomic mass is 16.3. The van der Waals surface area contributed by atoms with Crippen LogP contribution >= 0.6 is 0 Å². The van der Waals surface area contributed by atoms with E-state index in [1.54, 1.807) is 12.1 Å². The number of benzene rings is 1. The number of H-pyrrole nitrogens is 1. The predicted molar refractivity (Wildman–Crippen MR) is 73.2 cm³/mol. The normalized spacial score (nSPS) is 10.6. The Labute approximate surface area is 110 Å². The highest BCUT2D eigenvalue weighted by molar-refractivity contribution is 5.97. The number of hydrogen-bond donors (Lipinski definition) is 3. The van der Waals surface area contributed by atoms with Gasteiger partial charge in [0.2, 0.25) is 0 Å². The Balaban J connectivity index is 2.17. The van der Waals surface area contributed by atoms with E-state index in [1.807, 2.05) is 18.2 Å². The molecule has 2 aromatic rings. The van der Waals surface area contributed by atoms with Crippen molar-refractivity contribution in [2.45, 2.75) is 12.8 Å². The fraction of sp³-hybridized carbons (Fsp3) is 0.286. The average Bonchev–Trinajstić information content (AvgIpc) is 2.42. The number of aromatic amines is 1. The van der Waals surface area contributed by atoms with Crippen molar-refractivity contribution in [1.29, 1.82) is 0 Å². The summed E-state index contributed by atoms with van der Waals surface area (Å²) in [4.78, 5) is 26.4. The number of aromatic nitrogens is 1. The van der Waals surface area contributed by atoms with Crippen molar-refractivity contribution < 1.29 is 9.90 Å². The van der Waals surface area contributed by atoms with Gasteiger partial charge >= 0.3 is 0 Å². The molecule has 0 saturated heterocycles. The third kappa shape index (κ3) is 3.20. The van der Waals surface area contributed by atoms with Gasteiger partial charge in [-0.1, -0.05) is 18.2 Å². The molecule has 0 fully saturated rings. The largest absolute Gasteiger partial charge is 0.396 e. The quantitative estimate of drug-likeness (QED) is 0.702. The first-order valence-corrected chi connectivity index (χ1v) is 6.23. The summed E-state index contributed by atoms with van der Waals surface area (Å²) in [5, 5.41) is 12.1. The zero-order valence-electron chi connectivity index (χ0n) is 10.5. The van der Waals surface area contributed by atoms with E-state index in [1.165, 1.54) is 0 Å². The standard InChI is InChI=1S/C14H16N2O3/c17-8-4-3-7-15-13(18)11-9-10-5-1-2-6-12(10)16-14(11)19/h1-2,5-6,9,17H,3-4,7-8H2,(H,15,18)(H,16,19). The minimum atomic E-state index is -0.390. The molecule has 19 heavy (non-hydrogen) atoms. The molecule has 0 unspecified atom stereocenters. The number of carbonyl (C=O) groups is 1. The predicted octanol–water partition coefficient (Wildman–Crippen LogP) is 1.03. The number of nitrogens with one attached hydrogen (secondary N) is 2. The number of rotatable bonds is 5. The highest BCUT2D eigenvalue weighted by Crippen LogP contribution is 2.09. The molecule has 0 aliphatic heterocycles. The maximum absolute atomic E-state index is 11.9.